The SMILES string of the molecule is CC(C)(C)c1csc(CC(=O)C2(N)CCCCC2)n1. The first-order valence-corrected chi connectivity index (χ1v) is 7.96. The largest absolute Gasteiger partial charge is 0.319 e. The van der Waals surface area contributed by atoms with E-state index in [2.05, 4.69) is 31.1 Å². The van der Waals surface area contributed by atoms with Crippen molar-refractivity contribution in [1.82, 2.24) is 4.98 Å². The molecule has 1 heterocycles. The van der Waals surface area contributed by atoms with Crippen molar-refractivity contribution >= 4 is 17.1 Å². The van der Waals surface area contributed by atoms with Gasteiger partial charge in [-0.3, -0.25) is 4.79 Å². The number of rotatable bonds is 3. The summed E-state index contributed by atoms with van der Waals surface area (Å²) < 4.78 is 0. The molecule has 0 aliphatic heterocycles. The van der Waals surface area contributed by atoms with Crippen molar-refractivity contribution in [2.75, 3.05) is 0 Å². The van der Waals surface area contributed by atoms with Crippen molar-refractivity contribution in [2.24, 2.45) is 5.73 Å². The number of nitrogens with two attached hydrogens (primary N) is 1. The molecule has 4 heteroatoms. The Kier molecular flexibility index (Phi) is 4.11. The molecule has 0 spiro atoms. The predicted molar refractivity (Wildman–Crippen MR) is 79.5 cm³/mol. The van der Waals surface area contributed by atoms with E-state index in [0.29, 0.717) is 6.42 Å². The van der Waals surface area contributed by atoms with Crippen LogP contribution >= 0.6 is 11.3 Å². The molecule has 1 aliphatic rings. The average Bonchev–Trinajstić information content (AvgIpc) is 2.78. The number of hydrogen-bond acceptors (Lipinski definition) is 4. The molecule has 0 radical (unpaired) electrons. The Labute approximate surface area is 119 Å². The number of carbonyl (C=O) groups is 1. The summed E-state index contributed by atoms with van der Waals surface area (Å²) in [7, 11) is 0. The molecular formula is C15H24N2OS. The number of hydrogen-bond donors (Lipinski definition) is 1. The van der Waals surface area contributed by atoms with Crippen molar-refractivity contribution in [3.05, 3.63) is 16.1 Å². The molecule has 1 saturated carbocycles. The van der Waals surface area contributed by atoms with E-state index in [4.69, 9.17) is 5.73 Å². The number of nitrogens with zero attached hydrogens (tertiary/aromatic N) is 1. The zero-order valence-electron chi connectivity index (χ0n) is 12.2. The second-order valence-corrected chi connectivity index (χ2v) is 7.64. The van der Waals surface area contributed by atoms with E-state index in [1.807, 2.05) is 0 Å². The topological polar surface area (TPSA) is 56.0 Å². The minimum Gasteiger partial charge on any atom is -0.319 e. The van der Waals surface area contributed by atoms with E-state index < -0.39 is 5.54 Å². The minimum atomic E-state index is -0.591. The second-order valence-electron chi connectivity index (χ2n) is 6.69. The fourth-order valence-corrected chi connectivity index (χ4v) is 3.53. The molecule has 1 fully saturated rings. The van der Waals surface area contributed by atoms with E-state index in [0.717, 1.165) is 36.4 Å². The Balaban J connectivity index is 2.04. The summed E-state index contributed by atoms with van der Waals surface area (Å²) in [6.07, 6.45) is 5.43. The number of thiazole rings is 1. The summed E-state index contributed by atoms with van der Waals surface area (Å²) in [5, 5.41) is 2.97. The molecular weight excluding hydrogens is 256 g/mol. The Morgan fingerprint density at radius 3 is 2.53 bits per heavy atom. The van der Waals surface area contributed by atoms with E-state index in [1.165, 1.54) is 6.42 Å². The monoisotopic (exact) mass is 280 g/mol. The maximum Gasteiger partial charge on any atom is 0.159 e. The van der Waals surface area contributed by atoms with Crippen LogP contribution in [0.3, 0.4) is 0 Å². The fraction of sp³-hybridized carbons (Fsp3) is 0.733. The van der Waals surface area contributed by atoms with Crippen LogP contribution in [0.2, 0.25) is 0 Å². The number of ketones is 1. The Bertz CT molecular complexity index is 453. The zero-order valence-corrected chi connectivity index (χ0v) is 13.0. The van der Waals surface area contributed by atoms with Gasteiger partial charge in [0.05, 0.1) is 17.7 Å². The normalized spacial score (nSPS) is 19.4. The van der Waals surface area contributed by atoms with E-state index in [-0.39, 0.29) is 11.2 Å². The maximum absolute atomic E-state index is 12.4. The third-order valence-corrected chi connectivity index (χ3v) is 4.78. The molecule has 1 aliphatic carbocycles. The van der Waals surface area contributed by atoms with Gasteiger partial charge in [0.1, 0.15) is 5.01 Å². The molecule has 0 bridgehead atoms. The maximum atomic E-state index is 12.4. The summed E-state index contributed by atoms with van der Waals surface area (Å²) in [6, 6.07) is 0. The first-order valence-electron chi connectivity index (χ1n) is 7.08. The van der Waals surface area contributed by atoms with Gasteiger partial charge in [0.25, 0.3) is 0 Å². The van der Waals surface area contributed by atoms with E-state index in [9.17, 15) is 4.79 Å². The standard InChI is InChI=1S/C15H24N2OS/c1-14(2,3)11-10-19-13(17-11)9-12(18)15(16)7-5-4-6-8-15/h10H,4-9,16H2,1-3H3. The highest BCUT2D eigenvalue weighted by Gasteiger charge is 2.35. The van der Waals surface area contributed by atoms with Crippen molar-refractivity contribution in [3.8, 4) is 0 Å². The Hall–Kier alpha value is -0.740. The lowest BCUT2D eigenvalue weighted by Crippen LogP contribution is -2.50. The van der Waals surface area contributed by atoms with Gasteiger partial charge in [0.2, 0.25) is 0 Å². The van der Waals surface area contributed by atoms with Crippen LogP contribution in [-0.4, -0.2) is 16.3 Å². The first kappa shape index (κ1) is 14.7. The Morgan fingerprint density at radius 2 is 2.00 bits per heavy atom. The molecule has 0 aromatic carbocycles. The van der Waals surface area contributed by atoms with Crippen molar-refractivity contribution in [3.63, 3.8) is 0 Å². The van der Waals surface area contributed by atoms with Gasteiger partial charge in [-0.05, 0) is 12.8 Å². The van der Waals surface area contributed by atoms with Crippen LogP contribution in [0.5, 0.6) is 0 Å². The van der Waals surface area contributed by atoms with Gasteiger partial charge < -0.3 is 5.73 Å². The van der Waals surface area contributed by atoms with E-state index in [1.54, 1.807) is 11.3 Å². The molecule has 0 amide bonds. The highest BCUT2D eigenvalue weighted by atomic mass is 32.1. The minimum absolute atomic E-state index is 0.0447. The van der Waals surface area contributed by atoms with Crippen LogP contribution in [0.25, 0.3) is 0 Å². The summed E-state index contributed by atoms with van der Waals surface area (Å²) >= 11 is 1.58. The van der Waals surface area contributed by atoms with Gasteiger partial charge in [-0.2, -0.15) is 0 Å². The van der Waals surface area contributed by atoms with Crippen LogP contribution in [0.4, 0.5) is 0 Å². The molecule has 0 atom stereocenters. The van der Waals surface area contributed by atoms with Gasteiger partial charge in [-0.15, -0.1) is 11.3 Å². The van der Waals surface area contributed by atoms with Crippen molar-refractivity contribution < 1.29 is 4.79 Å². The molecule has 3 nitrogen and oxygen atoms in total. The highest BCUT2D eigenvalue weighted by Crippen LogP contribution is 2.29. The molecule has 19 heavy (non-hydrogen) atoms. The van der Waals surface area contributed by atoms with Crippen molar-refractivity contribution in [2.45, 2.75) is 70.3 Å². The zero-order chi connectivity index (χ0) is 14.1. The van der Waals surface area contributed by atoms with Crippen LogP contribution in [-0.2, 0) is 16.6 Å². The average molecular weight is 280 g/mol. The third kappa shape index (κ3) is 3.42. The highest BCUT2D eigenvalue weighted by molar-refractivity contribution is 7.09. The summed E-state index contributed by atoms with van der Waals surface area (Å²) in [6.45, 7) is 6.41. The van der Waals surface area contributed by atoms with Crippen LogP contribution in [0.15, 0.2) is 5.38 Å². The number of aromatic nitrogens is 1. The first-order chi connectivity index (χ1) is 8.81. The van der Waals surface area contributed by atoms with Gasteiger partial charge in [-0.25, -0.2) is 4.98 Å². The molecule has 106 valence electrons. The molecule has 0 saturated heterocycles. The summed E-state index contributed by atoms with van der Waals surface area (Å²) in [5.41, 5.74) is 6.79. The van der Waals surface area contributed by atoms with Gasteiger partial charge in [0, 0.05) is 10.8 Å². The van der Waals surface area contributed by atoms with Crippen LogP contribution in [0.1, 0.15) is 63.6 Å². The van der Waals surface area contributed by atoms with Crippen molar-refractivity contribution in [1.29, 1.82) is 0 Å². The summed E-state index contributed by atoms with van der Waals surface area (Å²) in [5.74, 6) is 0.169. The number of Topliss-reactive ketones (excluding diaryl/α,β-unsaturated/α-hetero) is 1. The second kappa shape index (κ2) is 5.33. The molecule has 0 unspecified atom stereocenters. The lowest BCUT2D eigenvalue weighted by atomic mass is 9.78. The van der Waals surface area contributed by atoms with Gasteiger partial charge in [0.15, 0.2) is 5.78 Å². The lowest BCUT2D eigenvalue weighted by molar-refractivity contribution is -0.124. The fourth-order valence-electron chi connectivity index (χ4n) is 2.51. The summed E-state index contributed by atoms with van der Waals surface area (Å²) in [4.78, 5) is 17.0. The van der Waals surface area contributed by atoms with Gasteiger partial charge in [-0.1, -0.05) is 40.0 Å². The number of carbonyl (C=O) groups excluding carboxylic acids is 1. The van der Waals surface area contributed by atoms with Crippen LogP contribution < -0.4 is 5.73 Å². The molecule has 2 rings (SSSR count). The molecule has 1 aromatic rings. The molecule has 1 aromatic heterocycles. The quantitative estimate of drug-likeness (QED) is 0.925. The van der Waals surface area contributed by atoms with E-state index >= 15 is 0 Å². The lowest BCUT2D eigenvalue weighted by Gasteiger charge is -2.31. The Morgan fingerprint density at radius 1 is 1.37 bits per heavy atom. The predicted octanol–water partition coefficient (Wildman–Crippen LogP) is 3.21. The smallest absolute Gasteiger partial charge is 0.159 e. The van der Waals surface area contributed by atoms with Gasteiger partial charge >= 0.3 is 0 Å². The van der Waals surface area contributed by atoms with Crippen LogP contribution in [0, 0.1) is 0 Å². The third-order valence-electron chi connectivity index (χ3n) is 3.93. The molecule has 2 N–H and O–H groups in total.